The first-order valence-corrected chi connectivity index (χ1v) is 8.05. The van der Waals surface area contributed by atoms with Gasteiger partial charge in [0.05, 0.1) is 5.92 Å². The molecule has 0 aliphatic heterocycles. The largest absolute Gasteiger partial charge is 0.460 e. The molecule has 0 aliphatic carbocycles. The van der Waals surface area contributed by atoms with Gasteiger partial charge < -0.3 is 9.53 Å². The molecule has 0 bridgehead atoms. The van der Waals surface area contributed by atoms with Crippen LogP contribution in [0.4, 0.5) is 0 Å². The van der Waals surface area contributed by atoms with E-state index in [-0.39, 0.29) is 17.8 Å². The van der Waals surface area contributed by atoms with E-state index in [9.17, 15) is 9.59 Å². The fourth-order valence-corrected chi connectivity index (χ4v) is 2.45. The Kier molecular flexibility index (Phi) is 7.30. The molecule has 1 aromatic rings. The van der Waals surface area contributed by atoms with E-state index in [0.29, 0.717) is 6.42 Å². The quantitative estimate of drug-likeness (QED) is 0.524. The molecule has 2 unspecified atom stereocenters. The Morgan fingerprint density at radius 2 is 1.82 bits per heavy atom. The first-order chi connectivity index (χ1) is 10.3. The number of carbonyl (C=O) groups is 2. The first kappa shape index (κ1) is 18.4. The van der Waals surface area contributed by atoms with Gasteiger partial charge in [0, 0.05) is 6.42 Å². The lowest BCUT2D eigenvalue weighted by Gasteiger charge is -2.22. The smallest absolute Gasteiger partial charge is 0.309 e. The van der Waals surface area contributed by atoms with Crippen LogP contribution in [0.5, 0.6) is 0 Å². The Bertz CT molecular complexity index is 459. The maximum atomic E-state index is 12.0. The van der Waals surface area contributed by atoms with Crippen molar-refractivity contribution < 1.29 is 14.3 Å². The second-order valence-corrected chi connectivity index (χ2v) is 6.88. The van der Waals surface area contributed by atoms with Crippen molar-refractivity contribution in [3.05, 3.63) is 35.9 Å². The van der Waals surface area contributed by atoms with Gasteiger partial charge in [-0.25, -0.2) is 0 Å². The molecule has 22 heavy (non-hydrogen) atoms. The summed E-state index contributed by atoms with van der Waals surface area (Å²) in [7, 11) is 0. The Labute approximate surface area is 134 Å². The van der Waals surface area contributed by atoms with Crippen LogP contribution in [0, 0.1) is 5.92 Å². The second kappa shape index (κ2) is 8.72. The van der Waals surface area contributed by atoms with E-state index in [1.807, 2.05) is 45.9 Å². The SMILES string of the molecule is CC(CCCC(CC=O)c1ccccc1)C(=O)OC(C)(C)C. The molecule has 0 fully saturated rings. The number of esters is 1. The van der Waals surface area contributed by atoms with Crippen molar-refractivity contribution in [1.29, 1.82) is 0 Å². The lowest BCUT2D eigenvalue weighted by molar-refractivity contribution is -0.159. The third-order valence-electron chi connectivity index (χ3n) is 3.65. The molecule has 0 aromatic heterocycles. The van der Waals surface area contributed by atoms with Crippen molar-refractivity contribution in [3.63, 3.8) is 0 Å². The number of rotatable bonds is 8. The Balaban J connectivity index is 2.46. The van der Waals surface area contributed by atoms with Crippen LogP contribution in [-0.4, -0.2) is 17.9 Å². The van der Waals surface area contributed by atoms with Crippen LogP contribution >= 0.6 is 0 Å². The van der Waals surface area contributed by atoms with Crippen LogP contribution in [0.15, 0.2) is 30.3 Å². The van der Waals surface area contributed by atoms with Crippen molar-refractivity contribution in [2.75, 3.05) is 0 Å². The van der Waals surface area contributed by atoms with E-state index in [2.05, 4.69) is 12.1 Å². The van der Waals surface area contributed by atoms with Crippen LogP contribution in [0.1, 0.15) is 64.9 Å². The number of hydrogen-bond donors (Lipinski definition) is 0. The summed E-state index contributed by atoms with van der Waals surface area (Å²) in [5.41, 5.74) is 0.759. The number of hydrogen-bond acceptors (Lipinski definition) is 3. The van der Waals surface area contributed by atoms with Gasteiger partial charge in [-0.3, -0.25) is 4.79 Å². The van der Waals surface area contributed by atoms with E-state index < -0.39 is 5.60 Å². The third kappa shape index (κ3) is 6.88. The van der Waals surface area contributed by atoms with Crippen molar-refractivity contribution in [3.8, 4) is 0 Å². The van der Waals surface area contributed by atoms with Gasteiger partial charge in [0.15, 0.2) is 0 Å². The third-order valence-corrected chi connectivity index (χ3v) is 3.65. The molecule has 0 saturated carbocycles. The lowest BCUT2D eigenvalue weighted by Crippen LogP contribution is -2.27. The van der Waals surface area contributed by atoms with Crippen molar-refractivity contribution in [2.24, 2.45) is 5.92 Å². The fourth-order valence-electron chi connectivity index (χ4n) is 2.45. The highest BCUT2D eigenvalue weighted by atomic mass is 16.6. The molecule has 0 heterocycles. The van der Waals surface area contributed by atoms with Crippen molar-refractivity contribution in [1.82, 2.24) is 0 Å². The van der Waals surface area contributed by atoms with E-state index >= 15 is 0 Å². The molecule has 0 spiro atoms. The van der Waals surface area contributed by atoms with Gasteiger partial charge in [-0.2, -0.15) is 0 Å². The molecule has 1 rings (SSSR count). The topological polar surface area (TPSA) is 43.4 Å². The molecule has 2 atom stereocenters. The van der Waals surface area contributed by atoms with E-state index in [1.54, 1.807) is 0 Å². The average molecular weight is 304 g/mol. The number of carbonyl (C=O) groups excluding carboxylic acids is 2. The molecule has 0 amide bonds. The Hall–Kier alpha value is -1.64. The second-order valence-electron chi connectivity index (χ2n) is 6.88. The van der Waals surface area contributed by atoms with Crippen molar-refractivity contribution in [2.45, 2.75) is 64.9 Å². The first-order valence-electron chi connectivity index (χ1n) is 8.05. The zero-order valence-corrected chi connectivity index (χ0v) is 14.2. The summed E-state index contributed by atoms with van der Waals surface area (Å²) in [6.07, 6.45) is 4.13. The zero-order valence-electron chi connectivity index (χ0n) is 14.2. The van der Waals surface area contributed by atoms with Gasteiger partial charge in [-0.05, 0) is 45.1 Å². The van der Waals surface area contributed by atoms with E-state index in [4.69, 9.17) is 4.74 Å². The molecule has 3 nitrogen and oxygen atoms in total. The Morgan fingerprint density at radius 1 is 1.18 bits per heavy atom. The average Bonchev–Trinajstić information content (AvgIpc) is 2.45. The van der Waals surface area contributed by atoms with E-state index in [1.165, 1.54) is 5.56 Å². The molecule has 0 aliphatic rings. The predicted molar refractivity (Wildman–Crippen MR) is 88.7 cm³/mol. The van der Waals surface area contributed by atoms with E-state index in [0.717, 1.165) is 25.5 Å². The zero-order chi connectivity index (χ0) is 16.6. The van der Waals surface area contributed by atoms with Gasteiger partial charge in [0.2, 0.25) is 0 Å². The summed E-state index contributed by atoms with van der Waals surface area (Å²) >= 11 is 0. The molecule has 0 radical (unpaired) electrons. The molecule has 0 N–H and O–H groups in total. The molecular weight excluding hydrogens is 276 g/mol. The lowest BCUT2D eigenvalue weighted by atomic mass is 9.89. The monoisotopic (exact) mass is 304 g/mol. The normalized spacial score (nSPS) is 14.2. The highest BCUT2D eigenvalue weighted by Gasteiger charge is 2.21. The highest BCUT2D eigenvalue weighted by molar-refractivity contribution is 5.72. The molecular formula is C19H28O3. The van der Waals surface area contributed by atoms with Gasteiger partial charge in [0.1, 0.15) is 11.9 Å². The summed E-state index contributed by atoms with van der Waals surface area (Å²) in [5, 5.41) is 0. The minimum absolute atomic E-state index is 0.105. The van der Waals surface area contributed by atoms with Gasteiger partial charge >= 0.3 is 5.97 Å². The van der Waals surface area contributed by atoms with Crippen molar-refractivity contribution >= 4 is 12.3 Å². The van der Waals surface area contributed by atoms with Crippen LogP contribution < -0.4 is 0 Å². The maximum absolute atomic E-state index is 12.0. The van der Waals surface area contributed by atoms with Gasteiger partial charge in [0.25, 0.3) is 0 Å². The number of benzene rings is 1. The minimum Gasteiger partial charge on any atom is -0.460 e. The predicted octanol–water partition coefficient (Wildman–Crippen LogP) is 4.51. The summed E-state index contributed by atoms with van der Waals surface area (Å²) < 4.78 is 5.39. The number of aldehydes is 1. The minimum atomic E-state index is -0.435. The van der Waals surface area contributed by atoms with Crippen LogP contribution in [0.25, 0.3) is 0 Å². The van der Waals surface area contributed by atoms with Crippen LogP contribution in [-0.2, 0) is 14.3 Å². The standard InChI is InChI=1S/C19H28O3/c1-15(18(21)22-19(2,3)4)9-8-12-17(13-14-20)16-10-6-5-7-11-16/h5-7,10-11,14-15,17H,8-9,12-13H2,1-4H3. The fraction of sp³-hybridized carbons (Fsp3) is 0.579. The summed E-state index contributed by atoms with van der Waals surface area (Å²) in [5.74, 6) is -0.00411. The molecule has 1 aromatic carbocycles. The number of ether oxygens (including phenoxy) is 1. The summed E-state index contributed by atoms with van der Waals surface area (Å²) in [6, 6.07) is 10.1. The highest BCUT2D eigenvalue weighted by Crippen LogP contribution is 2.26. The van der Waals surface area contributed by atoms with Gasteiger partial charge in [-0.1, -0.05) is 43.7 Å². The maximum Gasteiger partial charge on any atom is 0.309 e. The summed E-state index contributed by atoms with van der Waals surface area (Å²) in [6.45, 7) is 7.55. The Morgan fingerprint density at radius 3 is 2.36 bits per heavy atom. The van der Waals surface area contributed by atoms with Crippen LogP contribution in [0.3, 0.4) is 0 Å². The van der Waals surface area contributed by atoms with Gasteiger partial charge in [-0.15, -0.1) is 0 Å². The van der Waals surface area contributed by atoms with Crippen LogP contribution in [0.2, 0.25) is 0 Å². The molecule has 0 saturated heterocycles. The summed E-state index contributed by atoms with van der Waals surface area (Å²) in [4.78, 5) is 22.8. The molecule has 3 heteroatoms. The molecule has 122 valence electrons.